The second kappa shape index (κ2) is 7.85. The van der Waals surface area contributed by atoms with Crippen molar-refractivity contribution in [3.63, 3.8) is 0 Å². The van der Waals surface area contributed by atoms with Crippen LogP contribution in [0, 0.1) is 18.4 Å². The SMILES string of the molecule is Cc1cn(-c2ccc3n(c2=O)CCN(CC(O)CC#C[Si](C)(C)C)C3)cn1. The van der Waals surface area contributed by atoms with E-state index in [1.165, 1.54) is 0 Å². The number of aromatic nitrogens is 3. The summed E-state index contributed by atoms with van der Waals surface area (Å²) in [7, 11) is -1.39. The number of aliphatic hydroxyl groups is 1. The van der Waals surface area contributed by atoms with Crippen LogP contribution in [0.2, 0.25) is 19.6 Å². The Balaban J connectivity index is 1.67. The van der Waals surface area contributed by atoms with Crippen molar-refractivity contribution in [1.29, 1.82) is 0 Å². The fourth-order valence-corrected chi connectivity index (χ4v) is 3.87. The van der Waals surface area contributed by atoms with Crippen molar-refractivity contribution in [2.45, 2.75) is 52.2 Å². The highest BCUT2D eigenvalue weighted by Crippen LogP contribution is 2.14. The molecule has 7 heteroatoms. The number of hydrogen-bond acceptors (Lipinski definition) is 4. The molecule has 0 saturated carbocycles. The van der Waals surface area contributed by atoms with Crippen molar-refractivity contribution in [3.05, 3.63) is 46.4 Å². The van der Waals surface area contributed by atoms with Gasteiger partial charge >= 0.3 is 0 Å². The van der Waals surface area contributed by atoms with Gasteiger partial charge in [0.1, 0.15) is 13.8 Å². The molecule has 1 atom stereocenters. The minimum Gasteiger partial charge on any atom is -0.391 e. The van der Waals surface area contributed by atoms with Gasteiger partial charge in [-0.1, -0.05) is 19.6 Å². The maximum absolute atomic E-state index is 12.8. The number of aryl methyl sites for hydroxylation is 1. The van der Waals surface area contributed by atoms with Crippen molar-refractivity contribution >= 4 is 8.07 Å². The van der Waals surface area contributed by atoms with E-state index in [9.17, 15) is 9.90 Å². The molecule has 0 spiro atoms. The molecule has 2 aromatic heterocycles. The van der Waals surface area contributed by atoms with Gasteiger partial charge in [-0.3, -0.25) is 9.69 Å². The van der Waals surface area contributed by atoms with Gasteiger partial charge in [0.05, 0.1) is 18.1 Å². The summed E-state index contributed by atoms with van der Waals surface area (Å²) in [5.74, 6) is 3.14. The molecule has 0 radical (unpaired) electrons. The third kappa shape index (κ3) is 4.98. The van der Waals surface area contributed by atoms with E-state index in [0.717, 1.165) is 17.9 Å². The van der Waals surface area contributed by atoms with Gasteiger partial charge in [0.2, 0.25) is 0 Å². The maximum atomic E-state index is 12.8. The van der Waals surface area contributed by atoms with Crippen molar-refractivity contribution < 1.29 is 5.11 Å². The Morgan fingerprint density at radius 3 is 2.74 bits per heavy atom. The van der Waals surface area contributed by atoms with Crippen molar-refractivity contribution in [1.82, 2.24) is 19.0 Å². The number of aliphatic hydroxyl groups excluding tert-OH is 1. The Morgan fingerprint density at radius 1 is 1.30 bits per heavy atom. The Hall–Kier alpha value is -2.14. The third-order valence-electron chi connectivity index (χ3n) is 4.53. The van der Waals surface area contributed by atoms with Crippen molar-refractivity contribution in [3.8, 4) is 17.2 Å². The molecule has 1 unspecified atom stereocenters. The van der Waals surface area contributed by atoms with Gasteiger partial charge in [0.25, 0.3) is 5.56 Å². The molecule has 2 aromatic rings. The first kappa shape index (κ1) is 19.6. The molecule has 0 bridgehead atoms. The van der Waals surface area contributed by atoms with Crippen LogP contribution in [-0.2, 0) is 13.1 Å². The topological polar surface area (TPSA) is 63.3 Å². The summed E-state index contributed by atoms with van der Waals surface area (Å²) in [5.41, 5.74) is 5.78. The van der Waals surface area contributed by atoms with Gasteiger partial charge in [0, 0.05) is 44.5 Å². The molecule has 3 heterocycles. The van der Waals surface area contributed by atoms with Crippen LogP contribution >= 0.6 is 0 Å². The molecule has 1 aliphatic heterocycles. The standard InChI is InChI=1S/C20H28N4O2Si/c1-16-12-23(15-21-16)19-8-7-17-13-22(9-10-24(17)20(19)26)14-18(25)6-5-11-27(2,3)4/h7-8,12,15,18,25H,6,9-10,13-14H2,1-4H3. The molecule has 3 rings (SSSR count). The van der Waals surface area contributed by atoms with E-state index in [4.69, 9.17) is 0 Å². The first-order chi connectivity index (χ1) is 12.7. The van der Waals surface area contributed by atoms with E-state index >= 15 is 0 Å². The normalized spacial score (nSPS) is 15.7. The van der Waals surface area contributed by atoms with E-state index in [0.29, 0.717) is 31.7 Å². The van der Waals surface area contributed by atoms with Crippen molar-refractivity contribution in [2.75, 3.05) is 13.1 Å². The number of pyridine rings is 1. The van der Waals surface area contributed by atoms with Crippen LogP contribution in [0.1, 0.15) is 17.8 Å². The monoisotopic (exact) mass is 384 g/mol. The van der Waals surface area contributed by atoms with Crippen LogP contribution in [0.4, 0.5) is 0 Å². The number of imidazole rings is 1. The summed E-state index contributed by atoms with van der Waals surface area (Å²) >= 11 is 0. The van der Waals surface area contributed by atoms with E-state index in [1.54, 1.807) is 10.9 Å². The highest BCUT2D eigenvalue weighted by atomic mass is 28.3. The largest absolute Gasteiger partial charge is 0.391 e. The lowest BCUT2D eigenvalue weighted by atomic mass is 10.2. The lowest BCUT2D eigenvalue weighted by molar-refractivity contribution is 0.0996. The summed E-state index contributed by atoms with van der Waals surface area (Å²) in [4.78, 5) is 19.2. The van der Waals surface area contributed by atoms with Crippen LogP contribution in [0.15, 0.2) is 29.5 Å². The van der Waals surface area contributed by atoms with Gasteiger partial charge in [-0.05, 0) is 19.1 Å². The summed E-state index contributed by atoms with van der Waals surface area (Å²) in [6.45, 7) is 11.1. The van der Waals surface area contributed by atoms with Gasteiger partial charge in [0.15, 0.2) is 0 Å². The first-order valence-corrected chi connectivity index (χ1v) is 12.9. The minimum atomic E-state index is -1.39. The smallest absolute Gasteiger partial charge is 0.275 e. The van der Waals surface area contributed by atoms with Crippen LogP contribution in [0.3, 0.4) is 0 Å². The summed E-state index contributed by atoms with van der Waals surface area (Å²) < 4.78 is 3.61. The highest BCUT2D eigenvalue weighted by Gasteiger charge is 2.20. The number of rotatable bonds is 4. The first-order valence-electron chi connectivity index (χ1n) is 9.37. The molecule has 1 aliphatic rings. The van der Waals surface area contributed by atoms with Gasteiger partial charge in [-0.15, -0.1) is 11.5 Å². The molecule has 0 aliphatic carbocycles. The molecule has 1 N–H and O–H groups in total. The molecule has 144 valence electrons. The molecule has 0 fully saturated rings. The fourth-order valence-electron chi connectivity index (χ4n) is 3.24. The van der Waals surface area contributed by atoms with Crippen LogP contribution < -0.4 is 5.56 Å². The molecule has 0 aromatic carbocycles. The fraction of sp³-hybridized carbons (Fsp3) is 0.500. The van der Waals surface area contributed by atoms with Crippen LogP contribution in [0.5, 0.6) is 0 Å². The quantitative estimate of drug-likeness (QED) is 0.645. The average Bonchev–Trinajstić information content (AvgIpc) is 3.00. The van der Waals surface area contributed by atoms with E-state index in [-0.39, 0.29) is 5.56 Å². The summed E-state index contributed by atoms with van der Waals surface area (Å²) in [5, 5.41) is 10.3. The second-order valence-corrected chi connectivity index (χ2v) is 13.0. The molecule has 6 nitrogen and oxygen atoms in total. The second-order valence-electron chi connectivity index (χ2n) is 8.23. The summed E-state index contributed by atoms with van der Waals surface area (Å²) in [6.07, 6.45) is 3.58. The molecular weight excluding hydrogens is 356 g/mol. The predicted octanol–water partition coefficient (Wildman–Crippen LogP) is 1.79. The van der Waals surface area contributed by atoms with Gasteiger partial charge in [-0.2, -0.15) is 0 Å². The minimum absolute atomic E-state index is 0.00565. The Kier molecular flexibility index (Phi) is 5.70. The van der Waals surface area contributed by atoms with E-state index < -0.39 is 14.2 Å². The predicted molar refractivity (Wildman–Crippen MR) is 110 cm³/mol. The number of hydrogen-bond donors (Lipinski definition) is 1. The lowest BCUT2D eigenvalue weighted by Crippen LogP contribution is -2.42. The van der Waals surface area contributed by atoms with Crippen LogP contribution in [-0.4, -0.2) is 51.4 Å². The third-order valence-corrected chi connectivity index (χ3v) is 5.46. The van der Waals surface area contributed by atoms with Gasteiger partial charge in [-0.25, -0.2) is 4.98 Å². The Morgan fingerprint density at radius 2 is 2.07 bits per heavy atom. The Bertz CT molecular complexity index is 930. The zero-order valence-electron chi connectivity index (χ0n) is 16.6. The molecule has 27 heavy (non-hydrogen) atoms. The molecular formula is C20H28N4O2Si. The van der Waals surface area contributed by atoms with Crippen molar-refractivity contribution in [2.24, 2.45) is 0 Å². The zero-order valence-corrected chi connectivity index (χ0v) is 17.6. The number of nitrogens with zero attached hydrogens (tertiary/aromatic N) is 4. The zero-order chi connectivity index (χ0) is 19.6. The Labute approximate surface area is 161 Å². The molecule has 0 saturated heterocycles. The van der Waals surface area contributed by atoms with Crippen LogP contribution in [0.25, 0.3) is 5.69 Å². The number of fused-ring (bicyclic) bond motifs is 1. The summed E-state index contributed by atoms with van der Waals surface area (Å²) in [6, 6.07) is 3.85. The molecule has 0 amide bonds. The highest BCUT2D eigenvalue weighted by molar-refractivity contribution is 6.83. The maximum Gasteiger partial charge on any atom is 0.275 e. The van der Waals surface area contributed by atoms with E-state index in [2.05, 4.69) is 41.0 Å². The average molecular weight is 385 g/mol. The number of β-amino-alcohol motifs (C(OH)–C–C–N with tert-alkyl or cyclic N) is 1. The van der Waals surface area contributed by atoms with Gasteiger partial charge < -0.3 is 14.2 Å². The van der Waals surface area contributed by atoms with E-state index in [1.807, 2.05) is 29.8 Å². The lowest BCUT2D eigenvalue weighted by Gasteiger charge is -2.31.